The molecule has 1 saturated carbocycles. The zero-order valence-corrected chi connectivity index (χ0v) is 14.1. The van der Waals surface area contributed by atoms with Crippen LogP contribution in [0.4, 0.5) is 4.79 Å². The number of rotatable bonds is 8. The lowest BCUT2D eigenvalue weighted by molar-refractivity contribution is 0.00790. The highest BCUT2D eigenvalue weighted by atomic mass is 16.3. The van der Waals surface area contributed by atoms with E-state index >= 15 is 0 Å². The van der Waals surface area contributed by atoms with Gasteiger partial charge in [0.2, 0.25) is 0 Å². The van der Waals surface area contributed by atoms with Crippen LogP contribution in [0.2, 0.25) is 0 Å². The van der Waals surface area contributed by atoms with Crippen LogP contribution in [-0.2, 0) is 0 Å². The second-order valence-corrected chi connectivity index (χ2v) is 6.69. The smallest absolute Gasteiger partial charge is 0.314 e. The summed E-state index contributed by atoms with van der Waals surface area (Å²) in [6.45, 7) is 7.61. The Hall–Kier alpha value is -0.810. The highest BCUT2D eigenvalue weighted by molar-refractivity contribution is 5.73. The minimum Gasteiger partial charge on any atom is -0.388 e. The molecule has 0 heterocycles. The number of aliphatic hydroxyl groups is 1. The summed E-state index contributed by atoms with van der Waals surface area (Å²) in [6, 6.07) is 0.486. The highest BCUT2D eigenvalue weighted by Gasteiger charge is 2.27. The van der Waals surface area contributed by atoms with Crippen molar-refractivity contribution in [3.8, 4) is 0 Å². The van der Waals surface area contributed by atoms with E-state index in [0.29, 0.717) is 12.6 Å². The molecule has 1 aliphatic carbocycles. The van der Waals surface area contributed by atoms with E-state index in [4.69, 9.17) is 0 Å². The van der Waals surface area contributed by atoms with E-state index in [1.807, 2.05) is 13.8 Å². The minimum atomic E-state index is -0.854. The molecule has 1 aliphatic rings. The van der Waals surface area contributed by atoms with Crippen molar-refractivity contribution in [2.45, 2.75) is 64.5 Å². The van der Waals surface area contributed by atoms with E-state index in [1.54, 1.807) is 6.92 Å². The Bertz CT molecular complexity index is 315. The first-order chi connectivity index (χ1) is 9.86. The van der Waals surface area contributed by atoms with Gasteiger partial charge in [0, 0.05) is 25.7 Å². The Labute approximate surface area is 129 Å². The number of nitrogens with one attached hydrogen (secondary N) is 2. The zero-order valence-electron chi connectivity index (χ0n) is 14.1. The van der Waals surface area contributed by atoms with E-state index < -0.39 is 5.60 Å². The average Bonchev–Trinajstić information content (AvgIpc) is 2.98. The molecule has 5 nitrogen and oxygen atoms in total. The van der Waals surface area contributed by atoms with Gasteiger partial charge < -0.3 is 20.6 Å². The Morgan fingerprint density at radius 3 is 2.57 bits per heavy atom. The summed E-state index contributed by atoms with van der Waals surface area (Å²) in [5.74, 6) is 0.159. The maximum absolute atomic E-state index is 11.8. The molecule has 1 rings (SSSR count). The van der Waals surface area contributed by atoms with E-state index in [-0.39, 0.29) is 18.5 Å². The number of amides is 2. The lowest BCUT2D eigenvalue weighted by Gasteiger charge is -2.30. The lowest BCUT2D eigenvalue weighted by Crippen LogP contribution is -2.49. The van der Waals surface area contributed by atoms with Crippen LogP contribution in [0.15, 0.2) is 0 Å². The van der Waals surface area contributed by atoms with Crippen LogP contribution in [0.25, 0.3) is 0 Å². The van der Waals surface area contributed by atoms with Crippen molar-refractivity contribution in [1.82, 2.24) is 15.5 Å². The molecule has 1 fully saturated rings. The van der Waals surface area contributed by atoms with Gasteiger partial charge in [0.25, 0.3) is 0 Å². The van der Waals surface area contributed by atoms with E-state index in [0.717, 1.165) is 13.0 Å². The number of likely N-dealkylation sites (N-methyl/N-ethyl adjacent to an activating group) is 1. The molecule has 0 aromatic carbocycles. The molecule has 2 amide bonds. The van der Waals surface area contributed by atoms with Gasteiger partial charge in [-0.15, -0.1) is 0 Å². The number of carbonyl (C=O) groups is 1. The quantitative estimate of drug-likeness (QED) is 0.642. The second-order valence-electron chi connectivity index (χ2n) is 6.69. The van der Waals surface area contributed by atoms with Crippen molar-refractivity contribution in [2.75, 3.05) is 26.7 Å². The van der Waals surface area contributed by atoms with Crippen molar-refractivity contribution in [3.05, 3.63) is 0 Å². The molecule has 0 spiro atoms. The molecular weight excluding hydrogens is 266 g/mol. The summed E-state index contributed by atoms with van der Waals surface area (Å²) in [7, 11) is 2.13. The number of carbonyl (C=O) groups excluding carboxylic acids is 1. The monoisotopic (exact) mass is 299 g/mol. The summed E-state index contributed by atoms with van der Waals surface area (Å²) in [5, 5.41) is 15.9. The van der Waals surface area contributed by atoms with Crippen molar-refractivity contribution in [3.63, 3.8) is 0 Å². The highest BCUT2D eigenvalue weighted by Crippen LogP contribution is 2.21. The van der Waals surface area contributed by atoms with E-state index in [1.165, 1.54) is 25.7 Å². The molecule has 0 bridgehead atoms. The fourth-order valence-corrected chi connectivity index (χ4v) is 2.81. The first kappa shape index (κ1) is 18.2. The number of nitrogens with zero attached hydrogens (tertiary/aromatic N) is 1. The van der Waals surface area contributed by atoms with Gasteiger partial charge in [0.05, 0.1) is 5.60 Å². The summed E-state index contributed by atoms with van der Waals surface area (Å²) in [5.41, 5.74) is -0.854. The third-order valence-corrected chi connectivity index (χ3v) is 4.98. The Kier molecular flexibility index (Phi) is 7.46. The zero-order chi connectivity index (χ0) is 15.9. The van der Waals surface area contributed by atoms with Gasteiger partial charge >= 0.3 is 6.03 Å². The van der Waals surface area contributed by atoms with Gasteiger partial charge in [-0.1, -0.05) is 33.1 Å². The first-order valence-corrected chi connectivity index (χ1v) is 8.31. The summed E-state index contributed by atoms with van der Waals surface area (Å²) >= 11 is 0. The van der Waals surface area contributed by atoms with Crippen LogP contribution in [-0.4, -0.2) is 54.4 Å². The minimum absolute atomic E-state index is 0.159. The van der Waals surface area contributed by atoms with Crippen molar-refractivity contribution in [2.24, 2.45) is 5.92 Å². The van der Waals surface area contributed by atoms with Crippen LogP contribution in [0, 0.1) is 5.92 Å². The standard InChI is InChI=1S/C16H33N3O2/c1-5-13(2)16(3,21)12-18-15(20)17-10-11-19(4)14-8-6-7-9-14/h13-14,21H,5-12H2,1-4H3,(H2,17,18,20). The van der Waals surface area contributed by atoms with Gasteiger partial charge in [-0.2, -0.15) is 0 Å². The van der Waals surface area contributed by atoms with Gasteiger partial charge in [0.15, 0.2) is 0 Å². The average molecular weight is 299 g/mol. The van der Waals surface area contributed by atoms with E-state index in [9.17, 15) is 9.90 Å². The van der Waals surface area contributed by atoms with Crippen LogP contribution in [0.5, 0.6) is 0 Å². The van der Waals surface area contributed by atoms with Crippen molar-refractivity contribution in [1.29, 1.82) is 0 Å². The molecule has 0 aromatic rings. The van der Waals surface area contributed by atoms with Crippen molar-refractivity contribution >= 4 is 6.03 Å². The third kappa shape index (κ3) is 6.22. The SMILES string of the molecule is CCC(C)C(C)(O)CNC(=O)NCCN(C)C1CCCC1. The summed E-state index contributed by atoms with van der Waals surface area (Å²) < 4.78 is 0. The van der Waals surface area contributed by atoms with Crippen LogP contribution >= 0.6 is 0 Å². The predicted octanol–water partition coefficient (Wildman–Crippen LogP) is 1.96. The van der Waals surface area contributed by atoms with Crippen LogP contribution in [0.3, 0.4) is 0 Å². The van der Waals surface area contributed by atoms with Gasteiger partial charge in [-0.25, -0.2) is 4.79 Å². The van der Waals surface area contributed by atoms with Crippen LogP contribution < -0.4 is 10.6 Å². The largest absolute Gasteiger partial charge is 0.388 e. The molecule has 124 valence electrons. The molecule has 2 atom stereocenters. The summed E-state index contributed by atoms with van der Waals surface area (Å²) in [6.07, 6.45) is 6.10. The van der Waals surface area contributed by atoms with Crippen LogP contribution in [0.1, 0.15) is 52.9 Å². The third-order valence-electron chi connectivity index (χ3n) is 4.98. The Morgan fingerprint density at radius 2 is 2.00 bits per heavy atom. The molecule has 21 heavy (non-hydrogen) atoms. The molecule has 5 heteroatoms. The molecule has 2 unspecified atom stereocenters. The van der Waals surface area contributed by atoms with Crippen molar-refractivity contribution < 1.29 is 9.90 Å². The Morgan fingerprint density at radius 1 is 1.38 bits per heavy atom. The second kappa shape index (κ2) is 8.59. The molecule has 0 radical (unpaired) electrons. The lowest BCUT2D eigenvalue weighted by atomic mass is 9.89. The molecular formula is C16H33N3O2. The maximum atomic E-state index is 11.8. The first-order valence-electron chi connectivity index (χ1n) is 8.31. The predicted molar refractivity (Wildman–Crippen MR) is 86.4 cm³/mol. The Balaban J connectivity index is 2.16. The van der Waals surface area contributed by atoms with Gasteiger partial charge in [-0.05, 0) is 32.7 Å². The molecule has 3 N–H and O–H groups in total. The molecule has 0 aliphatic heterocycles. The maximum Gasteiger partial charge on any atom is 0.314 e. The fourth-order valence-electron chi connectivity index (χ4n) is 2.81. The van der Waals surface area contributed by atoms with Gasteiger partial charge in [0.1, 0.15) is 0 Å². The topological polar surface area (TPSA) is 64.6 Å². The number of hydrogen-bond acceptors (Lipinski definition) is 3. The normalized spacial score (nSPS) is 20.3. The summed E-state index contributed by atoms with van der Waals surface area (Å²) in [4.78, 5) is 14.1. The number of urea groups is 1. The van der Waals surface area contributed by atoms with E-state index in [2.05, 4.69) is 22.6 Å². The number of hydrogen-bond donors (Lipinski definition) is 3. The molecule has 0 saturated heterocycles. The van der Waals surface area contributed by atoms with Gasteiger partial charge in [-0.3, -0.25) is 0 Å². The molecule has 0 aromatic heterocycles. The fraction of sp³-hybridized carbons (Fsp3) is 0.938.